The lowest BCUT2D eigenvalue weighted by atomic mass is 9.54. The maximum absolute atomic E-state index is 13.4. The number of carbonyl (C=O) groups excluding carboxylic acids is 2. The van der Waals surface area contributed by atoms with Gasteiger partial charge in [0.05, 0.1) is 48.9 Å². The van der Waals surface area contributed by atoms with E-state index in [0.717, 1.165) is 61.2 Å². The van der Waals surface area contributed by atoms with Crippen molar-refractivity contribution in [1.82, 2.24) is 30.6 Å². The molecule has 2 N–H and O–H groups in total. The Hall–Kier alpha value is -3.38. The molecule has 10 fully saturated rings. The highest BCUT2D eigenvalue weighted by Gasteiger charge is 2.50. The third-order valence-electron chi connectivity index (χ3n) is 15.1. The van der Waals surface area contributed by atoms with Crippen LogP contribution in [0.25, 0.3) is 0 Å². The van der Waals surface area contributed by atoms with Gasteiger partial charge in [-0.1, -0.05) is 41.5 Å². The number of amides is 2. The molecule has 4 heterocycles. The first-order valence-electron chi connectivity index (χ1n) is 22.8. The molecule has 12 heteroatoms. The Balaban J connectivity index is 0.000000150. The second kappa shape index (κ2) is 15.9. The molecular weight excluding hydrogens is 729 g/mol. The van der Waals surface area contributed by atoms with Crippen LogP contribution in [0.5, 0.6) is 0 Å². The average molecular weight is 797 g/mol. The highest BCUT2D eigenvalue weighted by molar-refractivity contribution is 5.96. The van der Waals surface area contributed by atoms with Crippen LogP contribution in [0.15, 0.2) is 12.4 Å². The Morgan fingerprint density at radius 3 is 1.14 bits per heavy atom. The minimum absolute atomic E-state index is 0.0147. The lowest BCUT2D eigenvalue weighted by Gasteiger charge is -2.54. The van der Waals surface area contributed by atoms with Crippen LogP contribution in [0, 0.1) is 47.3 Å². The molecule has 2 aromatic heterocycles. The molecule has 0 radical (unpaired) electrons. The van der Waals surface area contributed by atoms with Gasteiger partial charge in [0.25, 0.3) is 11.8 Å². The van der Waals surface area contributed by atoms with E-state index in [9.17, 15) is 9.59 Å². The van der Waals surface area contributed by atoms with E-state index in [1.165, 1.54) is 64.2 Å². The molecule has 0 atom stereocenters. The highest BCUT2D eigenvalue weighted by atomic mass is 16.5. The molecule has 2 aromatic rings. The van der Waals surface area contributed by atoms with Gasteiger partial charge in [0.2, 0.25) is 11.9 Å². The number of carbonyl (C=O) groups is 2. The molecule has 8 saturated carbocycles. The third kappa shape index (κ3) is 8.22. The number of ether oxygens (including phenoxy) is 2. The van der Waals surface area contributed by atoms with E-state index in [1.54, 1.807) is 12.4 Å². The second-order valence-corrected chi connectivity index (χ2v) is 21.4. The van der Waals surface area contributed by atoms with Gasteiger partial charge in [-0.25, -0.2) is 19.9 Å². The lowest BCUT2D eigenvalue weighted by molar-refractivity contribution is -0.0119. The number of nitrogens with zero attached hydrogens (tertiary/aromatic N) is 6. The van der Waals surface area contributed by atoms with Gasteiger partial charge in [-0.3, -0.25) is 9.59 Å². The van der Waals surface area contributed by atoms with Crippen molar-refractivity contribution in [3.05, 3.63) is 34.9 Å². The van der Waals surface area contributed by atoms with Crippen LogP contribution in [0.3, 0.4) is 0 Å². The fraction of sp³-hybridized carbons (Fsp3) is 0.783. The molecule has 2 amide bonds. The summed E-state index contributed by atoms with van der Waals surface area (Å²) in [5.74, 6) is 7.76. The van der Waals surface area contributed by atoms with Crippen molar-refractivity contribution in [1.29, 1.82) is 0 Å². The Kier molecular flexibility index (Phi) is 11.0. The van der Waals surface area contributed by atoms with E-state index >= 15 is 0 Å². The first-order valence-corrected chi connectivity index (χ1v) is 22.8. The van der Waals surface area contributed by atoms with Crippen LogP contribution >= 0.6 is 0 Å². The first kappa shape index (κ1) is 40.0. The minimum atomic E-state index is -0.222. The third-order valence-corrected chi connectivity index (χ3v) is 15.1. The molecule has 58 heavy (non-hydrogen) atoms. The minimum Gasteiger partial charge on any atom is -0.378 e. The Morgan fingerprint density at radius 2 is 0.845 bits per heavy atom. The summed E-state index contributed by atoms with van der Waals surface area (Å²) in [7, 11) is 0. The number of anilines is 2. The zero-order valence-corrected chi connectivity index (χ0v) is 36.0. The summed E-state index contributed by atoms with van der Waals surface area (Å²) in [4.78, 5) is 49.9. The quantitative estimate of drug-likeness (QED) is 0.342. The number of nitrogens with one attached hydrogen (secondary N) is 2. The Bertz CT molecular complexity index is 1640. The maximum atomic E-state index is 13.4. The summed E-state index contributed by atoms with van der Waals surface area (Å²) in [5, 5.41) is 6.87. The molecule has 316 valence electrons. The van der Waals surface area contributed by atoms with Gasteiger partial charge in [-0.15, -0.1) is 0 Å². The molecule has 0 aromatic carbocycles. The van der Waals surface area contributed by atoms with Crippen molar-refractivity contribution in [2.75, 3.05) is 62.4 Å². The van der Waals surface area contributed by atoms with Gasteiger partial charge >= 0.3 is 0 Å². The van der Waals surface area contributed by atoms with Gasteiger partial charge in [-0.2, -0.15) is 0 Å². The molecule has 0 unspecified atom stereocenters. The molecule has 8 bridgehead atoms. The molecular formula is C46H68N8O4. The number of morpholine rings is 2. The molecule has 2 saturated heterocycles. The Labute approximate surface area is 345 Å². The van der Waals surface area contributed by atoms with Crippen molar-refractivity contribution in [3.8, 4) is 0 Å². The van der Waals surface area contributed by atoms with Gasteiger partial charge in [0, 0.05) is 61.5 Å². The Morgan fingerprint density at radius 1 is 0.534 bits per heavy atom. The SMILES string of the molecule is CC(C)(C)c1nc(N2CCOCC2)ncc1C(=O)NC1C2CC3CC(C2)CC1C3.CC(C)(C)c1nc(N2CCOCC2)ncc1C(=O)NC1C2CC3CC(C2)CC1C3. The van der Waals surface area contributed by atoms with Crippen LogP contribution in [0.2, 0.25) is 0 Å². The lowest BCUT2D eigenvalue weighted by Crippen LogP contribution is -2.56. The largest absolute Gasteiger partial charge is 0.378 e. The van der Waals surface area contributed by atoms with E-state index in [4.69, 9.17) is 19.4 Å². The number of hydrogen-bond acceptors (Lipinski definition) is 10. The number of hydrogen-bond donors (Lipinski definition) is 2. The normalized spacial score (nSPS) is 33.8. The van der Waals surface area contributed by atoms with Gasteiger partial charge in [0.1, 0.15) is 0 Å². The van der Waals surface area contributed by atoms with Crippen LogP contribution < -0.4 is 20.4 Å². The van der Waals surface area contributed by atoms with Crippen molar-refractivity contribution in [3.63, 3.8) is 0 Å². The van der Waals surface area contributed by atoms with Crippen LogP contribution in [-0.2, 0) is 20.3 Å². The number of rotatable bonds is 6. The highest BCUT2D eigenvalue weighted by Crippen LogP contribution is 2.55. The summed E-state index contributed by atoms with van der Waals surface area (Å²) in [6, 6.07) is 0.670. The molecule has 12 rings (SSSR count). The van der Waals surface area contributed by atoms with E-state index < -0.39 is 0 Å². The van der Waals surface area contributed by atoms with E-state index in [0.29, 0.717) is 85.2 Å². The van der Waals surface area contributed by atoms with Gasteiger partial charge in [-0.05, 0) is 112 Å². The van der Waals surface area contributed by atoms with Gasteiger partial charge < -0.3 is 29.9 Å². The van der Waals surface area contributed by atoms with E-state index in [1.807, 2.05) is 0 Å². The zero-order valence-electron chi connectivity index (χ0n) is 36.0. The molecule has 0 spiro atoms. The van der Waals surface area contributed by atoms with Crippen LogP contribution in [0.4, 0.5) is 11.9 Å². The van der Waals surface area contributed by atoms with Crippen molar-refractivity contribution < 1.29 is 19.1 Å². The average Bonchev–Trinajstić information content (AvgIpc) is 3.20. The fourth-order valence-electron chi connectivity index (χ4n) is 12.8. The summed E-state index contributed by atoms with van der Waals surface area (Å²) < 4.78 is 10.9. The van der Waals surface area contributed by atoms with E-state index in [-0.39, 0.29) is 22.6 Å². The first-order chi connectivity index (χ1) is 27.8. The molecule has 10 aliphatic rings. The van der Waals surface area contributed by atoms with Gasteiger partial charge in [0.15, 0.2) is 0 Å². The topological polar surface area (TPSA) is 135 Å². The summed E-state index contributed by atoms with van der Waals surface area (Å²) in [6.07, 6.45) is 16.8. The molecule has 12 nitrogen and oxygen atoms in total. The number of aromatic nitrogens is 4. The summed E-state index contributed by atoms with van der Waals surface area (Å²) in [6.45, 7) is 18.7. The smallest absolute Gasteiger partial charge is 0.254 e. The molecule has 8 aliphatic carbocycles. The maximum Gasteiger partial charge on any atom is 0.254 e. The second-order valence-electron chi connectivity index (χ2n) is 21.4. The van der Waals surface area contributed by atoms with Crippen molar-refractivity contribution >= 4 is 23.7 Å². The predicted octanol–water partition coefficient (Wildman–Crippen LogP) is 6.33. The summed E-state index contributed by atoms with van der Waals surface area (Å²) in [5.41, 5.74) is 2.53. The summed E-state index contributed by atoms with van der Waals surface area (Å²) >= 11 is 0. The van der Waals surface area contributed by atoms with Crippen LogP contribution in [-0.4, -0.2) is 96.4 Å². The molecule has 2 aliphatic heterocycles. The monoisotopic (exact) mass is 797 g/mol. The van der Waals surface area contributed by atoms with E-state index in [2.05, 4.69) is 71.9 Å². The van der Waals surface area contributed by atoms with Crippen molar-refractivity contribution in [2.45, 2.75) is 129 Å². The fourth-order valence-corrected chi connectivity index (χ4v) is 12.8. The predicted molar refractivity (Wildman–Crippen MR) is 224 cm³/mol. The van der Waals surface area contributed by atoms with Crippen molar-refractivity contribution in [2.24, 2.45) is 47.3 Å². The zero-order chi connectivity index (χ0) is 40.3. The van der Waals surface area contributed by atoms with Crippen LogP contribution in [0.1, 0.15) is 138 Å². The standard InChI is InChI=1S/2C23H34N4O2/c2*1-23(2,3)20-18(13-24-22(26-20)27-4-6-29-7-5-27)21(28)25-19-16-9-14-8-15(11-16)12-17(19)10-14/h2*13-17,19H,4-12H2,1-3H3,(H,25,28).